The lowest BCUT2D eigenvalue weighted by atomic mass is 10.2. The summed E-state index contributed by atoms with van der Waals surface area (Å²) in [6.07, 6.45) is -0.767. The van der Waals surface area contributed by atoms with E-state index >= 15 is 0 Å². The maximum Gasteiger partial charge on any atom is 0.251 e. The number of carbonyl (C=O) groups excluding carboxylic acids is 1. The highest BCUT2D eigenvalue weighted by Gasteiger charge is 2.10. The minimum atomic E-state index is -0.767. The molecule has 0 spiro atoms. The zero-order valence-electron chi connectivity index (χ0n) is 11.2. The molecule has 0 radical (unpaired) electrons. The summed E-state index contributed by atoms with van der Waals surface area (Å²) in [7, 11) is 0. The third-order valence-electron chi connectivity index (χ3n) is 2.35. The standard InChI is InChI=1S/C14H20FNO3/c1-10(2)8-19-9-13(17)7-16-14(18)11-4-3-5-12(15)6-11/h3-6,10,13,17H,7-9H2,1-2H3,(H,16,18). The Morgan fingerprint density at radius 2 is 2.16 bits per heavy atom. The second kappa shape index (κ2) is 7.86. The number of carbonyl (C=O) groups is 1. The van der Waals surface area contributed by atoms with Crippen LogP contribution in [0.5, 0.6) is 0 Å². The van der Waals surface area contributed by atoms with E-state index in [4.69, 9.17) is 4.74 Å². The van der Waals surface area contributed by atoms with Crippen molar-refractivity contribution in [1.82, 2.24) is 5.32 Å². The molecular weight excluding hydrogens is 249 g/mol. The second-order valence-electron chi connectivity index (χ2n) is 4.81. The molecule has 1 atom stereocenters. The number of aliphatic hydroxyl groups is 1. The van der Waals surface area contributed by atoms with Crippen molar-refractivity contribution in [3.8, 4) is 0 Å². The molecule has 106 valence electrons. The van der Waals surface area contributed by atoms with Gasteiger partial charge in [-0.05, 0) is 24.1 Å². The molecular formula is C14H20FNO3. The van der Waals surface area contributed by atoms with Crippen LogP contribution in [0.1, 0.15) is 24.2 Å². The van der Waals surface area contributed by atoms with Crippen molar-refractivity contribution in [2.45, 2.75) is 20.0 Å². The van der Waals surface area contributed by atoms with Gasteiger partial charge < -0.3 is 15.2 Å². The molecule has 1 unspecified atom stereocenters. The third kappa shape index (κ3) is 6.31. The molecule has 0 aliphatic heterocycles. The third-order valence-corrected chi connectivity index (χ3v) is 2.35. The molecule has 4 nitrogen and oxygen atoms in total. The Kier molecular flexibility index (Phi) is 6.45. The van der Waals surface area contributed by atoms with Gasteiger partial charge in [0.15, 0.2) is 0 Å². The van der Waals surface area contributed by atoms with E-state index in [2.05, 4.69) is 5.32 Å². The lowest BCUT2D eigenvalue weighted by Gasteiger charge is -2.13. The average Bonchev–Trinajstić information content (AvgIpc) is 2.35. The summed E-state index contributed by atoms with van der Waals surface area (Å²) in [5.74, 6) is -0.482. The molecule has 1 aromatic rings. The van der Waals surface area contributed by atoms with Crippen molar-refractivity contribution in [2.75, 3.05) is 19.8 Å². The maximum absolute atomic E-state index is 12.9. The summed E-state index contributed by atoms with van der Waals surface area (Å²) in [5, 5.41) is 12.1. The number of aliphatic hydroxyl groups excluding tert-OH is 1. The summed E-state index contributed by atoms with van der Waals surface area (Å²) in [6, 6.07) is 5.40. The number of ether oxygens (including phenoxy) is 1. The summed E-state index contributed by atoms with van der Waals surface area (Å²) in [6.45, 7) is 4.83. The zero-order chi connectivity index (χ0) is 14.3. The first-order valence-electron chi connectivity index (χ1n) is 6.28. The summed E-state index contributed by atoms with van der Waals surface area (Å²) >= 11 is 0. The first-order chi connectivity index (χ1) is 8.99. The van der Waals surface area contributed by atoms with Crippen molar-refractivity contribution < 1.29 is 19.0 Å². The SMILES string of the molecule is CC(C)COCC(O)CNC(=O)c1cccc(F)c1. The van der Waals surface area contributed by atoms with E-state index in [1.165, 1.54) is 18.2 Å². The average molecular weight is 269 g/mol. The fourth-order valence-electron chi connectivity index (χ4n) is 1.44. The Morgan fingerprint density at radius 3 is 2.79 bits per heavy atom. The van der Waals surface area contributed by atoms with Crippen molar-refractivity contribution in [1.29, 1.82) is 0 Å². The molecule has 1 rings (SSSR count). The molecule has 0 bridgehead atoms. The van der Waals surface area contributed by atoms with E-state index in [0.29, 0.717) is 12.5 Å². The van der Waals surface area contributed by atoms with Crippen molar-refractivity contribution in [3.63, 3.8) is 0 Å². The normalized spacial score (nSPS) is 12.5. The van der Waals surface area contributed by atoms with Gasteiger partial charge in [-0.3, -0.25) is 4.79 Å². The molecule has 0 saturated heterocycles. The van der Waals surface area contributed by atoms with Crippen molar-refractivity contribution >= 4 is 5.91 Å². The van der Waals surface area contributed by atoms with Gasteiger partial charge in [0.2, 0.25) is 0 Å². The fourth-order valence-corrected chi connectivity index (χ4v) is 1.44. The number of hydrogen-bond acceptors (Lipinski definition) is 3. The Balaban J connectivity index is 2.30. The van der Waals surface area contributed by atoms with Gasteiger partial charge in [-0.15, -0.1) is 0 Å². The monoisotopic (exact) mass is 269 g/mol. The van der Waals surface area contributed by atoms with Crippen LogP contribution in [0.3, 0.4) is 0 Å². The van der Waals surface area contributed by atoms with E-state index < -0.39 is 17.8 Å². The molecule has 2 N–H and O–H groups in total. The van der Waals surface area contributed by atoms with Crippen LogP contribution in [0, 0.1) is 11.7 Å². The van der Waals surface area contributed by atoms with Gasteiger partial charge in [0.05, 0.1) is 12.7 Å². The molecule has 0 fully saturated rings. The number of benzene rings is 1. The van der Waals surface area contributed by atoms with E-state index in [1.54, 1.807) is 0 Å². The molecule has 5 heteroatoms. The minimum absolute atomic E-state index is 0.0768. The lowest BCUT2D eigenvalue weighted by molar-refractivity contribution is 0.0259. The van der Waals surface area contributed by atoms with Gasteiger partial charge >= 0.3 is 0 Å². The van der Waals surface area contributed by atoms with Gasteiger partial charge in [-0.1, -0.05) is 19.9 Å². The number of amides is 1. The van der Waals surface area contributed by atoms with E-state index in [9.17, 15) is 14.3 Å². The highest BCUT2D eigenvalue weighted by atomic mass is 19.1. The van der Waals surface area contributed by atoms with Crippen LogP contribution < -0.4 is 5.32 Å². The van der Waals surface area contributed by atoms with Gasteiger partial charge in [0, 0.05) is 18.7 Å². The molecule has 0 aliphatic rings. The molecule has 1 amide bonds. The predicted molar refractivity (Wildman–Crippen MR) is 70.4 cm³/mol. The quantitative estimate of drug-likeness (QED) is 0.790. The van der Waals surface area contributed by atoms with Gasteiger partial charge in [-0.2, -0.15) is 0 Å². The van der Waals surface area contributed by atoms with Crippen LogP contribution in [0.15, 0.2) is 24.3 Å². The molecule has 0 aromatic heterocycles. The largest absolute Gasteiger partial charge is 0.389 e. The van der Waals surface area contributed by atoms with Crippen LogP contribution in [0.4, 0.5) is 4.39 Å². The smallest absolute Gasteiger partial charge is 0.251 e. The Bertz CT molecular complexity index is 409. The van der Waals surface area contributed by atoms with Crippen LogP contribution >= 0.6 is 0 Å². The van der Waals surface area contributed by atoms with Gasteiger partial charge in [0.1, 0.15) is 5.82 Å². The zero-order valence-corrected chi connectivity index (χ0v) is 11.2. The molecule has 19 heavy (non-hydrogen) atoms. The number of hydrogen-bond donors (Lipinski definition) is 2. The molecule has 0 heterocycles. The first kappa shape index (κ1) is 15.6. The molecule has 0 saturated carbocycles. The van der Waals surface area contributed by atoms with E-state index in [0.717, 1.165) is 6.07 Å². The van der Waals surface area contributed by atoms with E-state index in [1.807, 2.05) is 13.8 Å². The summed E-state index contributed by atoms with van der Waals surface area (Å²) < 4.78 is 18.2. The van der Waals surface area contributed by atoms with Crippen LogP contribution in [0.2, 0.25) is 0 Å². The molecule has 1 aromatic carbocycles. The predicted octanol–water partition coefficient (Wildman–Crippen LogP) is 1.59. The Labute approximate surface area is 112 Å². The Morgan fingerprint density at radius 1 is 1.42 bits per heavy atom. The second-order valence-corrected chi connectivity index (χ2v) is 4.81. The van der Waals surface area contributed by atoms with Crippen molar-refractivity contribution in [3.05, 3.63) is 35.6 Å². The maximum atomic E-state index is 12.9. The first-order valence-corrected chi connectivity index (χ1v) is 6.28. The van der Waals surface area contributed by atoms with Gasteiger partial charge in [0.25, 0.3) is 5.91 Å². The van der Waals surface area contributed by atoms with Crippen LogP contribution in [-0.4, -0.2) is 36.9 Å². The lowest BCUT2D eigenvalue weighted by Crippen LogP contribution is -2.34. The topological polar surface area (TPSA) is 58.6 Å². The van der Waals surface area contributed by atoms with E-state index in [-0.39, 0.29) is 18.7 Å². The number of rotatable bonds is 7. The van der Waals surface area contributed by atoms with Crippen molar-refractivity contribution in [2.24, 2.45) is 5.92 Å². The summed E-state index contributed by atoms with van der Waals surface area (Å²) in [5.41, 5.74) is 0.232. The van der Waals surface area contributed by atoms with Crippen LogP contribution in [0.25, 0.3) is 0 Å². The fraction of sp³-hybridized carbons (Fsp3) is 0.500. The highest BCUT2D eigenvalue weighted by Crippen LogP contribution is 2.03. The number of nitrogens with one attached hydrogen (secondary N) is 1. The Hall–Kier alpha value is -1.46. The minimum Gasteiger partial charge on any atom is -0.389 e. The number of halogens is 1. The summed E-state index contributed by atoms with van der Waals surface area (Å²) in [4.78, 5) is 11.7. The highest BCUT2D eigenvalue weighted by molar-refractivity contribution is 5.94. The molecule has 0 aliphatic carbocycles. The van der Waals surface area contributed by atoms with Crippen LogP contribution in [-0.2, 0) is 4.74 Å². The van der Waals surface area contributed by atoms with Gasteiger partial charge in [-0.25, -0.2) is 4.39 Å².